The van der Waals surface area contributed by atoms with Crippen LogP contribution in [0.25, 0.3) is 11.4 Å². The molecule has 0 unspecified atom stereocenters. The van der Waals surface area contributed by atoms with Gasteiger partial charge in [0.1, 0.15) is 17.5 Å². The van der Waals surface area contributed by atoms with Crippen LogP contribution < -0.4 is 0 Å². The summed E-state index contributed by atoms with van der Waals surface area (Å²) in [5.41, 5.74) is 2.83. The van der Waals surface area contributed by atoms with Crippen molar-refractivity contribution < 1.29 is 9.53 Å². The molecule has 1 atom stereocenters. The normalized spacial score (nSPS) is 17.3. The van der Waals surface area contributed by atoms with E-state index in [4.69, 9.17) is 16.3 Å². The van der Waals surface area contributed by atoms with Crippen LogP contribution in [0.2, 0.25) is 5.02 Å². The van der Waals surface area contributed by atoms with E-state index in [-0.39, 0.29) is 12.0 Å². The number of benzene rings is 1. The lowest BCUT2D eigenvalue weighted by atomic mass is 10.1. The highest BCUT2D eigenvalue weighted by Gasteiger charge is 2.27. The van der Waals surface area contributed by atoms with Crippen molar-refractivity contribution in [3.05, 3.63) is 71.0 Å². The van der Waals surface area contributed by atoms with Crippen LogP contribution in [0.15, 0.2) is 54.7 Å². The molecule has 0 saturated carbocycles. The largest absolute Gasteiger partial charge is 0.370 e. The van der Waals surface area contributed by atoms with Gasteiger partial charge in [0, 0.05) is 17.8 Å². The minimum atomic E-state index is -0.164. The average molecular weight is 369 g/mol. The van der Waals surface area contributed by atoms with Crippen molar-refractivity contribution in [2.75, 3.05) is 19.7 Å². The first-order chi connectivity index (χ1) is 12.7. The Balaban J connectivity index is 1.49. The summed E-state index contributed by atoms with van der Waals surface area (Å²) in [5.74, 6) is -0.0954. The van der Waals surface area contributed by atoms with Gasteiger partial charge in [-0.25, -0.2) is 0 Å². The van der Waals surface area contributed by atoms with Crippen molar-refractivity contribution in [1.29, 1.82) is 0 Å². The maximum Gasteiger partial charge on any atom is 0.272 e. The maximum absolute atomic E-state index is 12.8. The van der Waals surface area contributed by atoms with Gasteiger partial charge in [-0.3, -0.25) is 14.9 Å². The highest BCUT2D eigenvalue weighted by Crippen LogP contribution is 2.25. The summed E-state index contributed by atoms with van der Waals surface area (Å²) in [6, 6.07) is 14.8. The van der Waals surface area contributed by atoms with Gasteiger partial charge in [0.15, 0.2) is 0 Å². The molecule has 0 bridgehead atoms. The summed E-state index contributed by atoms with van der Waals surface area (Å²) < 4.78 is 5.82. The fraction of sp³-hybridized carbons (Fsp3) is 0.211. The first kappa shape index (κ1) is 16.8. The number of amides is 1. The van der Waals surface area contributed by atoms with Gasteiger partial charge in [-0.15, -0.1) is 0 Å². The zero-order chi connectivity index (χ0) is 17.9. The predicted molar refractivity (Wildman–Crippen MR) is 97.9 cm³/mol. The summed E-state index contributed by atoms with van der Waals surface area (Å²) >= 11 is 5.94. The highest BCUT2D eigenvalue weighted by atomic mass is 35.5. The predicted octanol–water partition coefficient (Wildman–Crippen LogP) is 3.34. The monoisotopic (exact) mass is 368 g/mol. The number of carbonyl (C=O) groups excluding carboxylic acids is 1. The van der Waals surface area contributed by atoms with Crippen molar-refractivity contribution >= 4 is 17.5 Å². The van der Waals surface area contributed by atoms with Crippen molar-refractivity contribution in [1.82, 2.24) is 20.1 Å². The number of aromatic nitrogens is 3. The molecule has 1 amide bonds. The molecule has 0 radical (unpaired) electrons. The van der Waals surface area contributed by atoms with Gasteiger partial charge in [-0.1, -0.05) is 29.8 Å². The van der Waals surface area contributed by atoms with Crippen LogP contribution >= 0.6 is 11.6 Å². The molecule has 2 aromatic heterocycles. The molecule has 0 spiro atoms. The SMILES string of the molecule is O=C(c1cc(-c2ccccn2)n[nH]1)N1CCO[C@H](c2ccc(Cl)cc2)C1. The highest BCUT2D eigenvalue weighted by molar-refractivity contribution is 6.30. The molecule has 132 valence electrons. The Kier molecular flexibility index (Phi) is 4.69. The average Bonchev–Trinajstić information content (AvgIpc) is 3.19. The number of ether oxygens (including phenoxy) is 1. The van der Waals surface area contributed by atoms with Crippen LogP contribution in [0.1, 0.15) is 22.2 Å². The molecular weight excluding hydrogens is 352 g/mol. The lowest BCUT2D eigenvalue weighted by Crippen LogP contribution is -2.42. The van der Waals surface area contributed by atoms with E-state index in [1.165, 1.54) is 0 Å². The molecule has 1 aromatic carbocycles. The Hall–Kier alpha value is -2.70. The molecule has 7 heteroatoms. The van der Waals surface area contributed by atoms with Crippen LogP contribution in [-0.4, -0.2) is 45.7 Å². The van der Waals surface area contributed by atoms with Crippen LogP contribution in [0, 0.1) is 0 Å². The van der Waals surface area contributed by atoms with Gasteiger partial charge in [0.25, 0.3) is 5.91 Å². The number of pyridine rings is 1. The number of halogens is 1. The molecule has 26 heavy (non-hydrogen) atoms. The first-order valence-corrected chi connectivity index (χ1v) is 8.71. The molecule has 1 aliphatic rings. The number of hydrogen-bond acceptors (Lipinski definition) is 4. The first-order valence-electron chi connectivity index (χ1n) is 8.34. The van der Waals surface area contributed by atoms with Crippen LogP contribution in [0.4, 0.5) is 0 Å². The number of rotatable bonds is 3. The van der Waals surface area contributed by atoms with E-state index < -0.39 is 0 Å². The van der Waals surface area contributed by atoms with Gasteiger partial charge in [-0.05, 0) is 35.9 Å². The Morgan fingerprint density at radius 1 is 1.19 bits per heavy atom. The van der Waals surface area contributed by atoms with E-state index in [0.717, 1.165) is 11.3 Å². The lowest BCUT2D eigenvalue weighted by molar-refractivity contribution is -0.0230. The molecule has 0 aliphatic carbocycles. The van der Waals surface area contributed by atoms with Crippen molar-refractivity contribution in [3.63, 3.8) is 0 Å². The number of morpholine rings is 1. The molecule has 1 aliphatic heterocycles. The molecule has 3 aromatic rings. The summed E-state index contributed by atoms with van der Waals surface area (Å²) in [5, 5.41) is 7.71. The van der Waals surface area contributed by atoms with Crippen LogP contribution in [0.5, 0.6) is 0 Å². The Morgan fingerprint density at radius 3 is 2.81 bits per heavy atom. The molecule has 1 saturated heterocycles. The topological polar surface area (TPSA) is 71.1 Å². The van der Waals surface area contributed by atoms with Gasteiger partial charge in [0.2, 0.25) is 0 Å². The molecule has 3 heterocycles. The van der Waals surface area contributed by atoms with E-state index in [2.05, 4.69) is 15.2 Å². The minimum Gasteiger partial charge on any atom is -0.370 e. The quantitative estimate of drug-likeness (QED) is 0.769. The second-order valence-electron chi connectivity index (χ2n) is 6.04. The third kappa shape index (κ3) is 3.47. The molecule has 1 N–H and O–H groups in total. The Labute approximate surface area is 155 Å². The van der Waals surface area contributed by atoms with Crippen molar-refractivity contribution in [2.24, 2.45) is 0 Å². The zero-order valence-electron chi connectivity index (χ0n) is 13.9. The number of carbonyl (C=O) groups is 1. The summed E-state index contributed by atoms with van der Waals surface area (Å²) in [4.78, 5) is 18.9. The van der Waals surface area contributed by atoms with Gasteiger partial charge < -0.3 is 9.64 Å². The fourth-order valence-corrected chi connectivity index (χ4v) is 3.09. The standard InChI is InChI=1S/C19H17ClN4O2/c20-14-6-4-13(5-7-14)18-12-24(9-10-26-18)19(25)17-11-16(22-23-17)15-3-1-2-8-21-15/h1-8,11,18H,9-10,12H2,(H,22,23)/t18-/m0/s1. The van der Waals surface area contributed by atoms with Crippen LogP contribution in [-0.2, 0) is 4.74 Å². The molecule has 4 rings (SSSR count). The number of aromatic amines is 1. The van der Waals surface area contributed by atoms with Gasteiger partial charge in [0.05, 0.1) is 18.8 Å². The zero-order valence-corrected chi connectivity index (χ0v) is 14.7. The third-order valence-electron chi connectivity index (χ3n) is 4.33. The van der Waals surface area contributed by atoms with Crippen LogP contribution in [0.3, 0.4) is 0 Å². The summed E-state index contributed by atoms with van der Waals surface area (Å²) in [6.45, 7) is 1.51. The molecule has 1 fully saturated rings. The van der Waals surface area contributed by atoms with Gasteiger partial charge >= 0.3 is 0 Å². The minimum absolute atomic E-state index is 0.0954. The summed E-state index contributed by atoms with van der Waals surface area (Å²) in [6.07, 6.45) is 1.53. The van der Waals surface area contributed by atoms with Crippen molar-refractivity contribution in [3.8, 4) is 11.4 Å². The van der Waals surface area contributed by atoms with E-state index in [9.17, 15) is 4.79 Å². The number of nitrogens with one attached hydrogen (secondary N) is 1. The third-order valence-corrected chi connectivity index (χ3v) is 4.58. The smallest absolute Gasteiger partial charge is 0.272 e. The lowest BCUT2D eigenvalue weighted by Gasteiger charge is -2.33. The Morgan fingerprint density at radius 2 is 2.04 bits per heavy atom. The van der Waals surface area contributed by atoms with Gasteiger partial charge in [-0.2, -0.15) is 5.10 Å². The molecular formula is C19H17ClN4O2. The Bertz CT molecular complexity index is 895. The van der Waals surface area contributed by atoms with E-state index in [1.807, 2.05) is 42.5 Å². The van der Waals surface area contributed by atoms with Crippen molar-refractivity contribution in [2.45, 2.75) is 6.10 Å². The second-order valence-corrected chi connectivity index (χ2v) is 6.48. The maximum atomic E-state index is 12.8. The van der Waals surface area contributed by atoms with E-state index >= 15 is 0 Å². The second kappa shape index (κ2) is 7.27. The van der Waals surface area contributed by atoms with E-state index in [1.54, 1.807) is 17.2 Å². The summed E-state index contributed by atoms with van der Waals surface area (Å²) in [7, 11) is 0. The number of H-pyrrole nitrogens is 1. The fourth-order valence-electron chi connectivity index (χ4n) is 2.96. The molecule has 6 nitrogen and oxygen atoms in total. The number of nitrogens with zero attached hydrogens (tertiary/aromatic N) is 3. The van der Waals surface area contributed by atoms with E-state index in [0.29, 0.717) is 36.1 Å². The number of hydrogen-bond donors (Lipinski definition) is 1.